The predicted molar refractivity (Wildman–Crippen MR) is 107 cm³/mol. The smallest absolute Gasteiger partial charge is 0.338 e. The SMILES string of the molecule is CN(C)Cc1cccc(NC(=O)C2CC(=O)N(Cc3cccc(C(F)(F)F)c3)C2)c1. The number of nitrogens with one attached hydrogen (secondary N) is 1. The normalized spacial score (nSPS) is 16.9. The maximum Gasteiger partial charge on any atom is 0.416 e. The molecule has 0 aliphatic carbocycles. The number of alkyl halides is 3. The summed E-state index contributed by atoms with van der Waals surface area (Å²) in [6.45, 7) is 0.958. The van der Waals surface area contributed by atoms with Crippen molar-refractivity contribution in [3.05, 3.63) is 65.2 Å². The molecule has 0 aromatic heterocycles. The fraction of sp³-hybridized carbons (Fsp3) is 0.364. The zero-order valence-corrected chi connectivity index (χ0v) is 16.9. The monoisotopic (exact) mass is 419 g/mol. The molecule has 1 unspecified atom stereocenters. The Bertz CT molecular complexity index is 928. The highest BCUT2D eigenvalue weighted by molar-refractivity contribution is 5.97. The first kappa shape index (κ1) is 21.8. The van der Waals surface area contributed by atoms with E-state index in [1.165, 1.54) is 11.0 Å². The van der Waals surface area contributed by atoms with Gasteiger partial charge in [0.1, 0.15) is 0 Å². The molecule has 1 fully saturated rings. The van der Waals surface area contributed by atoms with E-state index in [1.807, 2.05) is 37.2 Å². The van der Waals surface area contributed by atoms with E-state index in [2.05, 4.69) is 5.32 Å². The molecule has 5 nitrogen and oxygen atoms in total. The topological polar surface area (TPSA) is 52.7 Å². The summed E-state index contributed by atoms with van der Waals surface area (Å²) in [7, 11) is 3.91. The molecule has 3 rings (SSSR count). The van der Waals surface area contributed by atoms with Gasteiger partial charge in [0.15, 0.2) is 0 Å². The number of benzene rings is 2. The van der Waals surface area contributed by atoms with Crippen LogP contribution in [-0.4, -0.2) is 42.3 Å². The maximum atomic E-state index is 12.9. The molecule has 0 spiro atoms. The van der Waals surface area contributed by atoms with Crippen LogP contribution < -0.4 is 5.32 Å². The lowest BCUT2D eigenvalue weighted by atomic mass is 10.1. The van der Waals surface area contributed by atoms with E-state index in [4.69, 9.17) is 0 Å². The number of hydrogen-bond donors (Lipinski definition) is 1. The van der Waals surface area contributed by atoms with Gasteiger partial charge in [-0.2, -0.15) is 13.2 Å². The summed E-state index contributed by atoms with van der Waals surface area (Å²) in [5.41, 5.74) is 1.34. The number of nitrogens with zero attached hydrogens (tertiary/aromatic N) is 2. The molecule has 1 aliphatic heterocycles. The lowest BCUT2D eigenvalue weighted by Gasteiger charge is -2.18. The minimum absolute atomic E-state index is 0.0438. The fourth-order valence-corrected chi connectivity index (χ4v) is 3.52. The van der Waals surface area contributed by atoms with Gasteiger partial charge >= 0.3 is 6.18 Å². The Labute approximate surface area is 173 Å². The molecule has 1 atom stereocenters. The van der Waals surface area contributed by atoms with Crippen molar-refractivity contribution in [3.63, 3.8) is 0 Å². The Morgan fingerprint density at radius 2 is 1.83 bits per heavy atom. The summed E-state index contributed by atoms with van der Waals surface area (Å²) in [6, 6.07) is 12.4. The molecule has 30 heavy (non-hydrogen) atoms. The third-order valence-electron chi connectivity index (χ3n) is 4.91. The summed E-state index contributed by atoms with van der Waals surface area (Å²) in [5, 5.41) is 2.85. The molecule has 160 valence electrons. The lowest BCUT2D eigenvalue weighted by Crippen LogP contribution is -2.28. The van der Waals surface area contributed by atoms with E-state index in [1.54, 1.807) is 12.1 Å². The molecule has 2 aromatic carbocycles. The third-order valence-corrected chi connectivity index (χ3v) is 4.91. The van der Waals surface area contributed by atoms with Gasteiger partial charge in [-0.25, -0.2) is 0 Å². The number of halogens is 3. The maximum absolute atomic E-state index is 12.9. The molecule has 1 saturated heterocycles. The summed E-state index contributed by atoms with van der Waals surface area (Å²) in [6.07, 6.45) is -4.39. The van der Waals surface area contributed by atoms with Gasteiger partial charge in [-0.15, -0.1) is 0 Å². The minimum atomic E-state index is -4.44. The molecule has 0 bridgehead atoms. The zero-order chi connectivity index (χ0) is 21.9. The quantitative estimate of drug-likeness (QED) is 0.776. The second-order valence-electron chi connectivity index (χ2n) is 7.80. The Hall–Kier alpha value is -2.87. The van der Waals surface area contributed by atoms with E-state index in [-0.39, 0.29) is 31.3 Å². The first-order valence-corrected chi connectivity index (χ1v) is 9.60. The van der Waals surface area contributed by atoms with Gasteiger partial charge in [0.25, 0.3) is 0 Å². The largest absolute Gasteiger partial charge is 0.416 e. The van der Waals surface area contributed by atoms with Crippen molar-refractivity contribution in [3.8, 4) is 0 Å². The van der Waals surface area contributed by atoms with Crippen molar-refractivity contribution in [2.45, 2.75) is 25.7 Å². The van der Waals surface area contributed by atoms with Gasteiger partial charge < -0.3 is 15.1 Å². The molecule has 2 amide bonds. The fourth-order valence-electron chi connectivity index (χ4n) is 3.52. The van der Waals surface area contributed by atoms with Crippen LogP contribution in [-0.2, 0) is 28.9 Å². The number of likely N-dealkylation sites (tertiary alicyclic amines) is 1. The Morgan fingerprint density at radius 1 is 1.13 bits per heavy atom. The van der Waals surface area contributed by atoms with Crippen LogP contribution in [0.5, 0.6) is 0 Å². The van der Waals surface area contributed by atoms with Crippen molar-refractivity contribution in [1.82, 2.24) is 9.80 Å². The molecular weight excluding hydrogens is 395 g/mol. The summed E-state index contributed by atoms with van der Waals surface area (Å²) in [4.78, 5) is 28.4. The van der Waals surface area contributed by atoms with Crippen LogP contribution >= 0.6 is 0 Å². The number of carbonyl (C=O) groups excluding carboxylic acids is 2. The van der Waals surface area contributed by atoms with Gasteiger partial charge in [0, 0.05) is 31.7 Å². The van der Waals surface area contributed by atoms with E-state index in [0.29, 0.717) is 11.3 Å². The molecule has 0 saturated carbocycles. The average molecular weight is 419 g/mol. The van der Waals surface area contributed by atoms with Crippen LogP contribution in [0, 0.1) is 5.92 Å². The van der Waals surface area contributed by atoms with Crippen LogP contribution in [0.3, 0.4) is 0 Å². The Balaban J connectivity index is 1.62. The van der Waals surface area contributed by atoms with Gasteiger partial charge in [-0.3, -0.25) is 9.59 Å². The van der Waals surface area contributed by atoms with Crippen molar-refractivity contribution < 1.29 is 22.8 Å². The zero-order valence-electron chi connectivity index (χ0n) is 16.9. The highest BCUT2D eigenvalue weighted by Gasteiger charge is 2.35. The summed E-state index contributed by atoms with van der Waals surface area (Å²) >= 11 is 0. The van der Waals surface area contributed by atoms with E-state index < -0.39 is 17.7 Å². The summed E-state index contributed by atoms with van der Waals surface area (Å²) in [5.74, 6) is -1.05. The van der Waals surface area contributed by atoms with E-state index in [0.717, 1.165) is 24.2 Å². The number of anilines is 1. The average Bonchev–Trinajstić information content (AvgIpc) is 3.02. The number of amides is 2. The van der Waals surface area contributed by atoms with Crippen LogP contribution in [0.4, 0.5) is 18.9 Å². The van der Waals surface area contributed by atoms with E-state index >= 15 is 0 Å². The van der Waals surface area contributed by atoms with Crippen molar-refractivity contribution in [2.24, 2.45) is 5.92 Å². The van der Waals surface area contributed by atoms with Crippen molar-refractivity contribution in [2.75, 3.05) is 26.0 Å². The van der Waals surface area contributed by atoms with Crippen molar-refractivity contribution >= 4 is 17.5 Å². The highest BCUT2D eigenvalue weighted by atomic mass is 19.4. The predicted octanol–water partition coefficient (Wildman–Crippen LogP) is 3.75. The Kier molecular flexibility index (Phi) is 6.45. The van der Waals surface area contributed by atoms with Crippen LogP contribution in [0.1, 0.15) is 23.1 Å². The van der Waals surface area contributed by atoms with Gasteiger partial charge in [-0.05, 0) is 49.5 Å². The number of rotatable bonds is 6. The second-order valence-corrected chi connectivity index (χ2v) is 7.80. The van der Waals surface area contributed by atoms with Gasteiger partial charge in [-0.1, -0.05) is 24.3 Å². The third kappa shape index (κ3) is 5.60. The molecule has 1 heterocycles. The van der Waals surface area contributed by atoms with Crippen molar-refractivity contribution in [1.29, 1.82) is 0 Å². The molecule has 1 N–H and O–H groups in total. The lowest BCUT2D eigenvalue weighted by molar-refractivity contribution is -0.137. The minimum Gasteiger partial charge on any atom is -0.338 e. The van der Waals surface area contributed by atoms with Crippen LogP contribution in [0.25, 0.3) is 0 Å². The molecule has 1 aliphatic rings. The number of carbonyl (C=O) groups is 2. The van der Waals surface area contributed by atoms with Crippen LogP contribution in [0.15, 0.2) is 48.5 Å². The molecule has 8 heteroatoms. The number of hydrogen-bond acceptors (Lipinski definition) is 3. The standard InChI is InChI=1S/C22H24F3N3O2/c1-27(2)12-16-6-4-8-19(10-16)26-21(30)17-11-20(29)28(14-17)13-15-5-3-7-18(9-15)22(23,24)25/h3-10,17H,11-14H2,1-2H3,(H,26,30). The Morgan fingerprint density at radius 3 is 2.53 bits per heavy atom. The summed E-state index contributed by atoms with van der Waals surface area (Å²) < 4.78 is 38.7. The van der Waals surface area contributed by atoms with Crippen LogP contribution in [0.2, 0.25) is 0 Å². The van der Waals surface area contributed by atoms with Gasteiger partial charge in [0.2, 0.25) is 11.8 Å². The van der Waals surface area contributed by atoms with Gasteiger partial charge in [0.05, 0.1) is 11.5 Å². The first-order chi connectivity index (χ1) is 14.1. The molecule has 0 radical (unpaired) electrons. The van der Waals surface area contributed by atoms with E-state index in [9.17, 15) is 22.8 Å². The first-order valence-electron chi connectivity index (χ1n) is 9.60. The second kappa shape index (κ2) is 8.87. The highest BCUT2D eigenvalue weighted by Crippen LogP contribution is 2.30. The molecular formula is C22H24F3N3O2. The molecule has 2 aromatic rings.